The number of nitrogens with two attached hydrogens (primary N) is 1. The van der Waals surface area contributed by atoms with E-state index < -0.39 is 11.8 Å². The lowest BCUT2D eigenvalue weighted by atomic mass is 9.71. The number of aryl methyl sites for hydroxylation is 1. The highest BCUT2D eigenvalue weighted by Gasteiger charge is 2.44. The Morgan fingerprint density at radius 1 is 1.25 bits per heavy atom. The van der Waals surface area contributed by atoms with Gasteiger partial charge in [0.25, 0.3) is 0 Å². The summed E-state index contributed by atoms with van der Waals surface area (Å²) in [6.45, 7) is 6.26. The van der Waals surface area contributed by atoms with Gasteiger partial charge >= 0.3 is 5.97 Å². The molecule has 1 fully saturated rings. The highest BCUT2D eigenvalue weighted by Crippen LogP contribution is 2.49. The molecular weight excluding hydrogens is 405 g/mol. The molecule has 168 valence electrons. The number of benzene rings is 1. The van der Waals surface area contributed by atoms with Gasteiger partial charge in [-0.2, -0.15) is 0 Å². The Kier molecular flexibility index (Phi) is 5.06. The van der Waals surface area contributed by atoms with Gasteiger partial charge in [-0.3, -0.25) is 4.79 Å². The summed E-state index contributed by atoms with van der Waals surface area (Å²) >= 11 is 0. The van der Waals surface area contributed by atoms with Crippen LogP contribution in [0, 0.1) is 17.2 Å². The zero-order valence-corrected chi connectivity index (χ0v) is 19.0. The van der Waals surface area contributed by atoms with Crippen LogP contribution in [0.5, 0.6) is 0 Å². The van der Waals surface area contributed by atoms with Crippen LogP contribution < -0.4 is 5.73 Å². The molecular formula is C26H30FN3O2. The van der Waals surface area contributed by atoms with Crippen LogP contribution in [0.2, 0.25) is 0 Å². The van der Waals surface area contributed by atoms with Crippen molar-refractivity contribution in [2.24, 2.45) is 16.3 Å². The van der Waals surface area contributed by atoms with Gasteiger partial charge in [-0.1, -0.05) is 32.0 Å². The van der Waals surface area contributed by atoms with Crippen molar-refractivity contribution >= 4 is 23.2 Å². The number of ether oxygens (including phenoxy) is 1. The second-order valence-electron chi connectivity index (χ2n) is 10.2. The van der Waals surface area contributed by atoms with E-state index in [0.29, 0.717) is 28.3 Å². The average molecular weight is 436 g/mol. The number of esters is 1. The molecule has 0 radical (unpaired) electrons. The Morgan fingerprint density at radius 3 is 2.69 bits per heavy atom. The fraction of sp³-hybridized carbons (Fsp3) is 0.500. The van der Waals surface area contributed by atoms with Crippen molar-refractivity contribution in [3.8, 4) is 0 Å². The Bertz CT molecular complexity index is 1120. The topological polar surface area (TPSA) is 77.6 Å². The summed E-state index contributed by atoms with van der Waals surface area (Å²) in [6.07, 6.45) is 5.43. The van der Waals surface area contributed by atoms with E-state index in [1.165, 1.54) is 6.07 Å². The molecule has 3 aliphatic rings. The quantitative estimate of drug-likeness (QED) is 0.667. The molecule has 2 heterocycles. The summed E-state index contributed by atoms with van der Waals surface area (Å²) in [5.74, 6) is -1.54. The number of aliphatic imine (C=N–C) groups is 1. The molecule has 2 aromatic rings. The predicted molar refractivity (Wildman–Crippen MR) is 123 cm³/mol. The molecule has 32 heavy (non-hydrogen) atoms. The van der Waals surface area contributed by atoms with Gasteiger partial charge in [-0.15, -0.1) is 0 Å². The van der Waals surface area contributed by atoms with Crippen LogP contribution in [0.25, 0.3) is 0 Å². The van der Waals surface area contributed by atoms with Crippen molar-refractivity contribution in [2.75, 3.05) is 5.73 Å². The normalized spacial score (nSPS) is 24.1. The maximum Gasteiger partial charge on any atom is 0.315 e. The van der Waals surface area contributed by atoms with Gasteiger partial charge < -0.3 is 10.5 Å². The van der Waals surface area contributed by atoms with Crippen molar-refractivity contribution in [2.45, 2.75) is 71.3 Å². The number of hydrogen-bond acceptors (Lipinski definition) is 5. The fourth-order valence-corrected chi connectivity index (χ4v) is 5.25. The number of carbonyl (C=O) groups excluding carboxylic acids is 1. The van der Waals surface area contributed by atoms with E-state index in [4.69, 9.17) is 20.4 Å². The molecule has 1 aromatic heterocycles. The Balaban J connectivity index is 1.69. The van der Waals surface area contributed by atoms with E-state index in [1.54, 1.807) is 18.2 Å². The Labute approximate surface area is 188 Å². The third-order valence-corrected chi connectivity index (χ3v) is 7.35. The molecule has 0 saturated heterocycles. The minimum atomic E-state index is -0.723. The van der Waals surface area contributed by atoms with Crippen molar-refractivity contribution in [1.82, 2.24) is 4.98 Å². The minimum Gasteiger partial charge on any atom is -0.462 e. The van der Waals surface area contributed by atoms with Gasteiger partial charge in [0.2, 0.25) is 0 Å². The fourth-order valence-electron chi connectivity index (χ4n) is 5.25. The number of hydrogen-bond donors (Lipinski definition) is 1. The van der Waals surface area contributed by atoms with Gasteiger partial charge in [0.1, 0.15) is 17.8 Å². The smallest absolute Gasteiger partial charge is 0.315 e. The third kappa shape index (κ3) is 3.50. The monoisotopic (exact) mass is 435 g/mol. The molecule has 5 rings (SSSR count). The largest absolute Gasteiger partial charge is 0.462 e. The summed E-state index contributed by atoms with van der Waals surface area (Å²) in [5.41, 5.74) is 11.2. The number of halogens is 1. The zero-order valence-electron chi connectivity index (χ0n) is 19.0. The van der Waals surface area contributed by atoms with Crippen molar-refractivity contribution in [1.29, 1.82) is 0 Å². The standard InChI is InChI=1S/C26H30FN3O2/c1-14-20(25(31)32-15-7-6-8-15)21(16-9-4-5-10-18(16)27)22-23(28)17-13-26(2,3)12-11-19(17)30-24(22)29-14/h4-5,9-10,15,20-21H,6-8,11-13H2,1-3H3,(H2,28,30). The predicted octanol–water partition coefficient (Wildman–Crippen LogP) is 5.27. The van der Waals surface area contributed by atoms with Crippen LogP contribution in [0.3, 0.4) is 0 Å². The Hall–Kier alpha value is -2.76. The van der Waals surface area contributed by atoms with Gasteiger partial charge in [0.05, 0.1) is 0 Å². The molecule has 6 heteroatoms. The molecule has 2 atom stereocenters. The van der Waals surface area contributed by atoms with Gasteiger partial charge in [0, 0.05) is 28.6 Å². The number of nitrogens with zero attached hydrogens (tertiary/aromatic N) is 2. The van der Waals surface area contributed by atoms with E-state index in [-0.39, 0.29) is 23.3 Å². The van der Waals surface area contributed by atoms with E-state index in [9.17, 15) is 4.79 Å². The number of anilines is 1. The molecule has 2 aliphatic carbocycles. The number of carbonyl (C=O) groups is 1. The van der Waals surface area contributed by atoms with E-state index in [1.807, 2.05) is 6.92 Å². The van der Waals surface area contributed by atoms with Crippen LogP contribution in [0.1, 0.15) is 74.8 Å². The second-order valence-corrected chi connectivity index (χ2v) is 10.2. The molecule has 1 aliphatic heterocycles. The Morgan fingerprint density at radius 2 is 2.00 bits per heavy atom. The number of aromatic nitrogens is 1. The molecule has 1 saturated carbocycles. The van der Waals surface area contributed by atoms with Crippen LogP contribution in [0.4, 0.5) is 15.9 Å². The first-order valence-electron chi connectivity index (χ1n) is 11.6. The minimum absolute atomic E-state index is 0.0576. The summed E-state index contributed by atoms with van der Waals surface area (Å²) in [6, 6.07) is 6.60. The summed E-state index contributed by atoms with van der Waals surface area (Å²) in [7, 11) is 0. The zero-order chi connectivity index (χ0) is 22.6. The summed E-state index contributed by atoms with van der Waals surface area (Å²) in [5, 5.41) is 0. The van der Waals surface area contributed by atoms with E-state index in [0.717, 1.165) is 49.8 Å². The maximum absolute atomic E-state index is 15.1. The first-order chi connectivity index (χ1) is 15.2. The third-order valence-electron chi connectivity index (χ3n) is 7.35. The first-order valence-corrected chi connectivity index (χ1v) is 11.6. The van der Waals surface area contributed by atoms with Gasteiger partial charge in [0.15, 0.2) is 5.82 Å². The molecule has 0 amide bonds. The lowest BCUT2D eigenvalue weighted by Gasteiger charge is -2.37. The molecule has 0 spiro atoms. The number of pyridine rings is 1. The van der Waals surface area contributed by atoms with Crippen molar-refractivity contribution < 1.29 is 13.9 Å². The van der Waals surface area contributed by atoms with Crippen LogP contribution in [-0.4, -0.2) is 22.8 Å². The van der Waals surface area contributed by atoms with Crippen molar-refractivity contribution in [3.63, 3.8) is 0 Å². The number of nitrogen functional groups attached to an aromatic ring is 1. The van der Waals surface area contributed by atoms with Gasteiger partial charge in [-0.25, -0.2) is 14.4 Å². The molecule has 0 bridgehead atoms. The van der Waals surface area contributed by atoms with Gasteiger partial charge in [-0.05, 0) is 68.1 Å². The van der Waals surface area contributed by atoms with Crippen LogP contribution in [0.15, 0.2) is 29.3 Å². The van der Waals surface area contributed by atoms with Crippen molar-refractivity contribution in [3.05, 3.63) is 52.5 Å². The molecule has 5 nitrogen and oxygen atoms in total. The molecule has 2 unspecified atom stereocenters. The van der Waals surface area contributed by atoms with E-state index >= 15 is 4.39 Å². The SMILES string of the molecule is CC1=Nc2nc3c(c(N)c2C(c2ccccc2F)C1C(=O)OC1CCC1)CC(C)(C)CC3. The maximum atomic E-state index is 15.1. The summed E-state index contributed by atoms with van der Waals surface area (Å²) in [4.78, 5) is 22.9. The lowest BCUT2D eigenvalue weighted by Crippen LogP contribution is -2.38. The first kappa shape index (κ1) is 21.1. The molecule has 1 aromatic carbocycles. The van der Waals surface area contributed by atoms with E-state index in [2.05, 4.69) is 13.8 Å². The van der Waals surface area contributed by atoms with Crippen LogP contribution in [-0.2, 0) is 22.4 Å². The highest BCUT2D eigenvalue weighted by atomic mass is 19.1. The second kappa shape index (κ2) is 7.68. The van der Waals surface area contributed by atoms with Crippen LogP contribution >= 0.6 is 0 Å². The molecule has 2 N–H and O–H groups in total. The summed E-state index contributed by atoms with van der Waals surface area (Å²) < 4.78 is 20.9. The lowest BCUT2D eigenvalue weighted by molar-refractivity contribution is -0.155. The highest BCUT2D eigenvalue weighted by molar-refractivity contribution is 6.05. The average Bonchev–Trinajstić information content (AvgIpc) is 2.70. The number of rotatable bonds is 3. The number of fused-ring (bicyclic) bond motifs is 2.